The van der Waals surface area contributed by atoms with E-state index in [0.29, 0.717) is 12.3 Å². The summed E-state index contributed by atoms with van der Waals surface area (Å²) in [6, 6.07) is 0. The van der Waals surface area contributed by atoms with Gasteiger partial charge in [-0.15, -0.1) is 0 Å². The average Bonchev–Trinajstić information content (AvgIpc) is 2.77. The lowest BCUT2D eigenvalue weighted by Crippen LogP contribution is -2.40. The average molecular weight is 250 g/mol. The largest absolute Gasteiger partial charge is 0.471 e. The van der Waals surface area contributed by atoms with Crippen molar-refractivity contribution in [3.8, 4) is 0 Å². The molecule has 6 heteroatoms. The molecule has 0 aliphatic carbocycles. The zero-order valence-electron chi connectivity index (χ0n) is 9.59. The topological polar surface area (TPSA) is 32.3 Å². The molecule has 2 aliphatic rings. The minimum atomic E-state index is -4.72. The molecule has 2 fully saturated rings. The molecule has 2 aliphatic heterocycles. The fourth-order valence-electron chi connectivity index (χ4n) is 2.85. The lowest BCUT2D eigenvalue weighted by atomic mass is 9.84. The van der Waals surface area contributed by atoms with Crippen LogP contribution in [0.3, 0.4) is 0 Å². The van der Waals surface area contributed by atoms with Crippen molar-refractivity contribution in [2.75, 3.05) is 26.2 Å². The van der Waals surface area contributed by atoms with Crippen LogP contribution in [0.25, 0.3) is 0 Å². The van der Waals surface area contributed by atoms with Crippen molar-refractivity contribution in [1.29, 1.82) is 0 Å². The highest BCUT2D eigenvalue weighted by atomic mass is 19.4. The molecular formula is C11H17F3N2O. The van der Waals surface area contributed by atoms with Gasteiger partial charge in [-0.05, 0) is 44.2 Å². The van der Waals surface area contributed by atoms with Crippen LogP contribution in [0.5, 0.6) is 0 Å². The molecule has 1 amide bonds. The maximum absolute atomic E-state index is 12.3. The van der Waals surface area contributed by atoms with E-state index in [2.05, 4.69) is 5.32 Å². The number of carbonyl (C=O) groups excluding carboxylic acids is 1. The quantitative estimate of drug-likeness (QED) is 0.763. The summed E-state index contributed by atoms with van der Waals surface area (Å²) in [6.45, 7) is 2.42. The van der Waals surface area contributed by atoms with E-state index < -0.39 is 12.1 Å². The summed E-state index contributed by atoms with van der Waals surface area (Å²) >= 11 is 0. The zero-order chi connectivity index (χ0) is 12.5. The van der Waals surface area contributed by atoms with Crippen molar-refractivity contribution in [2.24, 2.45) is 11.8 Å². The van der Waals surface area contributed by atoms with Crippen LogP contribution in [0.15, 0.2) is 0 Å². The van der Waals surface area contributed by atoms with Gasteiger partial charge in [-0.3, -0.25) is 4.79 Å². The second kappa shape index (κ2) is 4.84. The van der Waals surface area contributed by atoms with Gasteiger partial charge in [-0.1, -0.05) is 0 Å². The number of amides is 1. The van der Waals surface area contributed by atoms with Crippen LogP contribution < -0.4 is 5.32 Å². The Hall–Kier alpha value is -0.780. The maximum Gasteiger partial charge on any atom is 0.471 e. The smallest absolute Gasteiger partial charge is 0.335 e. The number of hydrogen-bond donors (Lipinski definition) is 1. The molecular weight excluding hydrogens is 233 g/mol. The summed E-state index contributed by atoms with van der Waals surface area (Å²) in [4.78, 5) is 12.0. The van der Waals surface area contributed by atoms with E-state index >= 15 is 0 Å². The van der Waals surface area contributed by atoms with Gasteiger partial charge < -0.3 is 10.2 Å². The van der Waals surface area contributed by atoms with Crippen molar-refractivity contribution in [1.82, 2.24) is 10.2 Å². The van der Waals surface area contributed by atoms with Gasteiger partial charge in [0.25, 0.3) is 0 Å². The number of likely N-dealkylation sites (tertiary alicyclic amines) is 1. The van der Waals surface area contributed by atoms with Gasteiger partial charge in [0.15, 0.2) is 0 Å². The van der Waals surface area contributed by atoms with Crippen molar-refractivity contribution >= 4 is 5.91 Å². The minimum absolute atomic E-state index is 0.253. The number of piperidine rings is 1. The fraction of sp³-hybridized carbons (Fsp3) is 0.909. The van der Waals surface area contributed by atoms with Gasteiger partial charge >= 0.3 is 12.1 Å². The summed E-state index contributed by atoms with van der Waals surface area (Å²) in [5.74, 6) is -0.945. The van der Waals surface area contributed by atoms with E-state index in [1.807, 2.05) is 0 Å². The van der Waals surface area contributed by atoms with E-state index in [9.17, 15) is 18.0 Å². The SMILES string of the molecule is O=C(N1CCC(C2CCNCC2)C1)C(F)(F)F. The molecule has 3 nitrogen and oxygen atoms in total. The van der Waals surface area contributed by atoms with Crippen molar-refractivity contribution < 1.29 is 18.0 Å². The zero-order valence-corrected chi connectivity index (χ0v) is 9.59. The van der Waals surface area contributed by atoms with Crippen LogP contribution in [-0.4, -0.2) is 43.2 Å². The first-order chi connectivity index (χ1) is 7.98. The molecule has 0 saturated carbocycles. The highest BCUT2D eigenvalue weighted by molar-refractivity contribution is 5.82. The molecule has 0 aromatic rings. The van der Waals surface area contributed by atoms with Crippen LogP contribution in [-0.2, 0) is 4.79 Å². The van der Waals surface area contributed by atoms with Crippen LogP contribution in [0, 0.1) is 11.8 Å². The molecule has 98 valence electrons. The Morgan fingerprint density at radius 1 is 1.12 bits per heavy atom. The molecule has 1 atom stereocenters. The number of nitrogens with one attached hydrogen (secondary N) is 1. The van der Waals surface area contributed by atoms with Crippen molar-refractivity contribution in [2.45, 2.75) is 25.4 Å². The Labute approximate surface area is 98.3 Å². The molecule has 1 N–H and O–H groups in total. The number of nitrogens with zero attached hydrogens (tertiary/aromatic N) is 1. The Kier molecular flexibility index (Phi) is 3.61. The van der Waals surface area contributed by atoms with Crippen LogP contribution >= 0.6 is 0 Å². The molecule has 0 radical (unpaired) electrons. The lowest BCUT2D eigenvalue weighted by Gasteiger charge is -2.28. The number of halogens is 3. The first-order valence-electron chi connectivity index (χ1n) is 6.05. The van der Waals surface area contributed by atoms with Crippen LogP contribution in [0.1, 0.15) is 19.3 Å². The first-order valence-corrected chi connectivity index (χ1v) is 6.05. The number of carbonyl (C=O) groups is 1. The van der Waals surface area contributed by atoms with E-state index in [1.54, 1.807) is 0 Å². The molecule has 0 aromatic heterocycles. The standard InChI is InChI=1S/C11H17F3N2O/c12-11(13,14)10(17)16-6-3-9(7-16)8-1-4-15-5-2-8/h8-9,15H,1-7H2. The summed E-state index contributed by atoms with van der Waals surface area (Å²) in [5, 5.41) is 3.24. The minimum Gasteiger partial charge on any atom is -0.335 e. The Bertz CT molecular complexity index is 287. The third-order valence-electron chi connectivity index (χ3n) is 3.80. The van der Waals surface area contributed by atoms with E-state index in [-0.39, 0.29) is 19.0 Å². The molecule has 2 rings (SSSR count). The summed E-state index contributed by atoms with van der Waals surface area (Å²) in [6.07, 6.45) is -1.98. The summed E-state index contributed by atoms with van der Waals surface area (Å²) < 4.78 is 36.8. The fourth-order valence-corrected chi connectivity index (χ4v) is 2.85. The molecule has 17 heavy (non-hydrogen) atoms. The first kappa shape index (κ1) is 12.7. The van der Waals surface area contributed by atoms with E-state index in [1.165, 1.54) is 0 Å². The van der Waals surface area contributed by atoms with E-state index in [0.717, 1.165) is 30.8 Å². The molecule has 0 spiro atoms. The normalized spacial score (nSPS) is 27.5. The van der Waals surface area contributed by atoms with Crippen LogP contribution in [0.2, 0.25) is 0 Å². The van der Waals surface area contributed by atoms with Gasteiger partial charge in [-0.25, -0.2) is 0 Å². The highest BCUT2D eigenvalue weighted by Gasteiger charge is 2.45. The summed E-state index contributed by atoms with van der Waals surface area (Å²) in [5.41, 5.74) is 0. The van der Waals surface area contributed by atoms with Gasteiger partial charge in [0.1, 0.15) is 0 Å². The number of rotatable bonds is 1. The molecule has 0 bridgehead atoms. The number of alkyl halides is 3. The highest BCUT2D eigenvalue weighted by Crippen LogP contribution is 2.32. The number of hydrogen-bond acceptors (Lipinski definition) is 2. The monoisotopic (exact) mass is 250 g/mol. The van der Waals surface area contributed by atoms with Gasteiger partial charge in [0.2, 0.25) is 0 Å². The summed E-state index contributed by atoms with van der Waals surface area (Å²) in [7, 11) is 0. The Balaban J connectivity index is 1.88. The van der Waals surface area contributed by atoms with Crippen LogP contribution in [0.4, 0.5) is 13.2 Å². The molecule has 2 heterocycles. The van der Waals surface area contributed by atoms with Gasteiger partial charge in [0.05, 0.1) is 0 Å². The Morgan fingerprint density at radius 2 is 1.76 bits per heavy atom. The third-order valence-corrected chi connectivity index (χ3v) is 3.80. The molecule has 0 aromatic carbocycles. The predicted molar refractivity (Wildman–Crippen MR) is 56.3 cm³/mol. The second-order valence-electron chi connectivity index (χ2n) is 4.89. The van der Waals surface area contributed by atoms with Crippen molar-refractivity contribution in [3.05, 3.63) is 0 Å². The second-order valence-corrected chi connectivity index (χ2v) is 4.89. The Morgan fingerprint density at radius 3 is 2.35 bits per heavy atom. The third kappa shape index (κ3) is 2.91. The predicted octanol–water partition coefficient (Wildman–Crippen LogP) is 1.40. The van der Waals surface area contributed by atoms with E-state index in [4.69, 9.17) is 0 Å². The van der Waals surface area contributed by atoms with Gasteiger partial charge in [0, 0.05) is 13.1 Å². The lowest BCUT2D eigenvalue weighted by molar-refractivity contribution is -0.184. The van der Waals surface area contributed by atoms with Gasteiger partial charge in [-0.2, -0.15) is 13.2 Å². The molecule has 1 unspecified atom stereocenters. The van der Waals surface area contributed by atoms with Crippen molar-refractivity contribution in [3.63, 3.8) is 0 Å². The molecule has 2 saturated heterocycles. The maximum atomic E-state index is 12.3.